The van der Waals surface area contributed by atoms with E-state index in [2.05, 4.69) is 0 Å². The number of hydrogen-bond acceptors (Lipinski definition) is 4. The van der Waals surface area contributed by atoms with Gasteiger partial charge in [0.1, 0.15) is 6.10 Å². The number of carbonyl (C=O) groups is 1. The van der Waals surface area contributed by atoms with E-state index in [0.29, 0.717) is 3.57 Å². The van der Waals surface area contributed by atoms with Crippen LogP contribution in [0.5, 0.6) is 11.5 Å². The van der Waals surface area contributed by atoms with E-state index in [1.807, 2.05) is 22.6 Å². The summed E-state index contributed by atoms with van der Waals surface area (Å²) in [5, 5.41) is 9.59. The lowest BCUT2D eigenvalue weighted by Crippen LogP contribution is -2.20. The molecule has 0 spiro atoms. The molecule has 0 fully saturated rings. The smallest absolute Gasteiger partial charge is 0.392 e. The van der Waals surface area contributed by atoms with Gasteiger partial charge in [-0.05, 0) is 52.4 Å². The average molecular weight is 466 g/mol. The van der Waals surface area contributed by atoms with Gasteiger partial charge in [0, 0.05) is 3.57 Å². The molecular formula is C17H14F3IO4. The standard InChI is InChI=1S/C17H14F3IO4/c1-24-14-8-10(6-7-13(14)22)15(9-17(18,19)20)25-16(23)11-4-2-3-5-12(11)21/h2-8,15,22H,9H2,1H3. The summed E-state index contributed by atoms with van der Waals surface area (Å²) < 4.78 is 49.3. The van der Waals surface area contributed by atoms with Gasteiger partial charge in [0.15, 0.2) is 11.5 Å². The van der Waals surface area contributed by atoms with Crippen LogP contribution in [-0.4, -0.2) is 24.4 Å². The van der Waals surface area contributed by atoms with Crippen molar-refractivity contribution in [3.63, 3.8) is 0 Å². The molecule has 2 aromatic rings. The Hall–Kier alpha value is -1.97. The zero-order chi connectivity index (χ0) is 18.6. The van der Waals surface area contributed by atoms with Crippen LogP contribution < -0.4 is 4.74 Å². The molecule has 1 N–H and O–H groups in total. The highest BCUT2D eigenvalue weighted by molar-refractivity contribution is 14.1. The molecule has 134 valence electrons. The molecule has 0 aliphatic carbocycles. The van der Waals surface area contributed by atoms with E-state index < -0.39 is 24.7 Å². The second kappa shape index (κ2) is 7.94. The van der Waals surface area contributed by atoms with E-state index in [-0.39, 0.29) is 22.6 Å². The fourth-order valence-electron chi connectivity index (χ4n) is 2.15. The Labute approximate surface area is 155 Å². The van der Waals surface area contributed by atoms with Gasteiger partial charge in [-0.15, -0.1) is 0 Å². The Kier molecular flexibility index (Phi) is 6.15. The van der Waals surface area contributed by atoms with Crippen molar-refractivity contribution in [2.75, 3.05) is 7.11 Å². The Bertz CT molecular complexity index is 762. The molecule has 2 aromatic carbocycles. The Morgan fingerprint density at radius 1 is 1.24 bits per heavy atom. The maximum Gasteiger partial charge on any atom is 0.392 e. The van der Waals surface area contributed by atoms with Gasteiger partial charge in [-0.25, -0.2) is 4.79 Å². The van der Waals surface area contributed by atoms with Gasteiger partial charge in [-0.2, -0.15) is 13.2 Å². The minimum absolute atomic E-state index is 0.00462. The number of benzene rings is 2. The van der Waals surface area contributed by atoms with E-state index in [4.69, 9.17) is 9.47 Å². The summed E-state index contributed by atoms with van der Waals surface area (Å²) in [6.07, 6.45) is -7.45. The number of phenols is 1. The largest absolute Gasteiger partial charge is 0.504 e. The first-order chi connectivity index (χ1) is 11.7. The third-order valence-corrected chi connectivity index (χ3v) is 4.28. The number of phenolic OH excluding ortho intramolecular Hbond substituents is 1. The van der Waals surface area contributed by atoms with Gasteiger partial charge in [0.25, 0.3) is 0 Å². The molecule has 25 heavy (non-hydrogen) atoms. The van der Waals surface area contributed by atoms with E-state index >= 15 is 0 Å². The molecule has 0 amide bonds. The normalized spacial score (nSPS) is 12.5. The SMILES string of the molecule is COc1cc(C(CC(F)(F)F)OC(=O)c2ccccc2I)ccc1O. The zero-order valence-corrected chi connectivity index (χ0v) is 15.2. The summed E-state index contributed by atoms with van der Waals surface area (Å²) >= 11 is 1.90. The number of esters is 1. The lowest BCUT2D eigenvalue weighted by Gasteiger charge is -2.21. The molecule has 0 aliphatic rings. The Morgan fingerprint density at radius 3 is 2.52 bits per heavy atom. The summed E-state index contributed by atoms with van der Waals surface area (Å²) in [7, 11) is 1.27. The van der Waals surface area contributed by atoms with Gasteiger partial charge in [-0.1, -0.05) is 18.2 Å². The lowest BCUT2D eigenvalue weighted by atomic mass is 10.1. The van der Waals surface area contributed by atoms with Crippen LogP contribution in [0.25, 0.3) is 0 Å². The van der Waals surface area contributed by atoms with Crippen LogP contribution in [0, 0.1) is 3.57 Å². The molecule has 0 saturated heterocycles. The monoisotopic (exact) mass is 466 g/mol. The fraction of sp³-hybridized carbons (Fsp3) is 0.235. The van der Waals surface area contributed by atoms with E-state index in [1.165, 1.54) is 31.4 Å². The van der Waals surface area contributed by atoms with Gasteiger partial charge < -0.3 is 14.6 Å². The third kappa shape index (κ3) is 5.25. The number of methoxy groups -OCH3 is 1. The fourth-order valence-corrected chi connectivity index (χ4v) is 2.76. The molecule has 4 nitrogen and oxygen atoms in total. The van der Waals surface area contributed by atoms with Crippen molar-refractivity contribution in [1.29, 1.82) is 0 Å². The minimum atomic E-state index is -4.54. The second-order valence-corrected chi connectivity index (χ2v) is 6.29. The molecule has 0 bridgehead atoms. The van der Waals surface area contributed by atoms with Crippen molar-refractivity contribution in [3.05, 3.63) is 57.2 Å². The molecular weight excluding hydrogens is 452 g/mol. The summed E-state index contributed by atoms with van der Waals surface area (Å²) in [6.45, 7) is 0. The van der Waals surface area contributed by atoms with Crippen molar-refractivity contribution < 1.29 is 32.5 Å². The molecule has 2 rings (SSSR count). The van der Waals surface area contributed by atoms with Gasteiger partial charge in [0.2, 0.25) is 0 Å². The van der Waals surface area contributed by atoms with E-state index in [1.54, 1.807) is 18.2 Å². The van der Waals surface area contributed by atoms with Crippen molar-refractivity contribution in [1.82, 2.24) is 0 Å². The molecule has 1 atom stereocenters. The summed E-state index contributed by atoms with van der Waals surface area (Å²) in [5.74, 6) is -1.08. The van der Waals surface area contributed by atoms with Crippen LogP contribution in [0.15, 0.2) is 42.5 Å². The van der Waals surface area contributed by atoms with Crippen molar-refractivity contribution in [2.45, 2.75) is 18.7 Å². The molecule has 0 heterocycles. The molecule has 0 aromatic heterocycles. The van der Waals surface area contributed by atoms with Gasteiger partial charge in [-0.3, -0.25) is 0 Å². The minimum Gasteiger partial charge on any atom is -0.504 e. The molecule has 1 unspecified atom stereocenters. The van der Waals surface area contributed by atoms with Crippen molar-refractivity contribution in [3.8, 4) is 11.5 Å². The molecule has 0 aliphatic heterocycles. The summed E-state index contributed by atoms with van der Waals surface area (Å²) in [5.41, 5.74) is 0.257. The maximum atomic E-state index is 12.9. The number of halogens is 4. The molecule has 0 radical (unpaired) electrons. The Morgan fingerprint density at radius 2 is 1.92 bits per heavy atom. The highest BCUT2D eigenvalue weighted by Crippen LogP contribution is 2.36. The molecule has 0 saturated carbocycles. The zero-order valence-electron chi connectivity index (χ0n) is 13.0. The number of carbonyl (C=O) groups excluding carboxylic acids is 1. The second-order valence-electron chi connectivity index (χ2n) is 5.12. The van der Waals surface area contributed by atoms with Crippen molar-refractivity contribution in [2.24, 2.45) is 0 Å². The quantitative estimate of drug-likeness (QED) is 0.506. The summed E-state index contributed by atoms with van der Waals surface area (Å²) in [6, 6.07) is 10.1. The third-order valence-electron chi connectivity index (χ3n) is 3.34. The Balaban J connectivity index is 2.33. The predicted molar refractivity (Wildman–Crippen MR) is 92.6 cm³/mol. The molecule has 8 heteroatoms. The van der Waals surface area contributed by atoms with Crippen LogP contribution in [0.4, 0.5) is 13.2 Å². The van der Waals surface area contributed by atoms with Gasteiger partial charge >= 0.3 is 12.1 Å². The highest BCUT2D eigenvalue weighted by Gasteiger charge is 2.35. The van der Waals surface area contributed by atoms with Crippen LogP contribution in [0.1, 0.15) is 28.4 Å². The summed E-state index contributed by atoms with van der Waals surface area (Å²) in [4.78, 5) is 12.3. The van der Waals surface area contributed by atoms with Crippen LogP contribution in [-0.2, 0) is 4.74 Å². The van der Waals surface area contributed by atoms with E-state index in [9.17, 15) is 23.1 Å². The number of rotatable bonds is 5. The first-order valence-electron chi connectivity index (χ1n) is 7.10. The predicted octanol–water partition coefficient (Wildman–Crippen LogP) is 4.86. The van der Waals surface area contributed by atoms with Crippen molar-refractivity contribution >= 4 is 28.6 Å². The first-order valence-corrected chi connectivity index (χ1v) is 8.18. The maximum absolute atomic E-state index is 12.9. The number of ether oxygens (including phenoxy) is 2. The van der Waals surface area contributed by atoms with Crippen LogP contribution >= 0.6 is 22.6 Å². The van der Waals surface area contributed by atoms with E-state index in [0.717, 1.165) is 0 Å². The number of hydrogen-bond donors (Lipinski definition) is 1. The number of aromatic hydroxyl groups is 1. The average Bonchev–Trinajstić information content (AvgIpc) is 2.53. The first kappa shape index (κ1) is 19.4. The topological polar surface area (TPSA) is 55.8 Å². The number of alkyl halides is 3. The highest BCUT2D eigenvalue weighted by atomic mass is 127. The van der Waals surface area contributed by atoms with Crippen LogP contribution in [0.2, 0.25) is 0 Å². The lowest BCUT2D eigenvalue weighted by molar-refractivity contribution is -0.155. The van der Waals surface area contributed by atoms with Crippen LogP contribution in [0.3, 0.4) is 0 Å². The van der Waals surface area contributed by atoms with Gasteiger partial charge in [0.05, 0.1) is 19.1 Å².